The Labute approximate surface area is 183 Å². The molecule has 0 spiro atoms. The van der Waals surface area contributed by atoms with Crippen molar-refractivity contribution in [2.75, 3.05) is 0 Å². The van der Waals surface area contributed by atoms with Gasteiger partial charge in [0, 0.05) is 6.42 Å². The molecule has 0 heterocycles. The molecule has 0 aromatic heterocycles. The second-order valence-electron chi connectivity index (χ2n) is 9.31. The van der Waals surface area contributed by atoms with Gasteiger partial charge in [-0.2, -0.15) is 0 Å². The molecule has 0 fully saturated rings. The van der Waals surface area contributed by atoms with Crippen LogP contribution in [0.1, 0.15) is 149 Å². The lowest BCUT2D eigenvalue weighted by Crippen LogP contribution is -1.98. The van der Waals surface area contributed by atoms with E-state index in [-0.39, 0.29) is 5.97 Å². The molecule has 172 valence electrons. The van der Waals surface area contributed by atoms with Gasteiger partial charge in [0.1, 0.15) is 0 Å². The van der Waals surface area contributed by atoms with Crippen LogP contribution < -0.4 is 0 Å². The van der Waals surface area contributed by atoms with Crippen molar-refractivity contribution in [1.82, 2.24) is 0 Å². The van der Waals surface area contributed by atoms with Gasteiger partial charge in [-0.05, 0) is 12.3 Å². The van der Waals surface area contributed by atoms with Crippen LogP contribution in [-0.4, -0.2) is 5.97 Å². The first-order chi connectivity index (χ1) is 14.2. The van der Waals surface area contributed by atoms with Gasteiger partial charge < -0.3 is 4.74 Å². The van der Waals surface area contributed by atoms with Crippen molar-refractivity contribution in [2.45, 2.75) is 149 Å². The lowest BCUT2D eigenvalue weighted by Gasteiger charge is -2.05. The Hall–Kier alpha value is -0.790. The van der Waals surface area contributed by atoms with Crippen LogP contribution in [0.15, 0.2) is 12.8 Å². The van der Waals surface area contributed by atoms with Crippen molar-refractivity contribution in [1.29, 1.82) is 0 Å². The van der Waals surface area contributed by atoms with Crippen LogP contribution in [0.2, 0.25) is 0 Å². The second-order valence-corrected chi connectivity index (χ2v) is 9.31. The maximum atomic E-state index is 11.2. The quantitative estimate of drug-likeness (QED) is 0.0955. The molecule has 0 unspecified atom stereocenters. The Morgan fingerprint density at radius 2 is 0.931 bits per heavy atom. The molecule has 0 amide bonds. The fourth-order valence-electron chi connectivity index (χ4n) is 3.98. The van der Waals surface area contributed by atoms with Gasteiger partial charge in [0.25, 0.3) is 0 Å². The molecule has 0 atom stereocenters. The fourth-order valence-corrected chi connectivity index (χ4v) is 3.98. The third kappa shape index (κ3) is 25.2. The first-order valence-corrected chi connectivity index (χ1v) is 13.0. The lowest BCUT2D eigenvalue weighted by atomic mass is 10.0. The van der Waals surface area contributed by atoms with E-state index in [0.29, 0.717) is 6.42 Å². The van der Waals surface area contributed by atoms with E-state index >= 15 is 0 Å². The van der Waals surface area contributed by atoms with E-state index in [9.17, 15) is 4.79 Å². The minimum atomic E-state index is -0.146. The van der Waals surface area contributed by atoms with Crippen molar-refractivity contribution in [3.63, 3.8) is 0 Å². The Kier molecular flexibility index (Phi) is 22.8. The van der Waals surface area contributed by atoms with E-state index in [2.05, 4.69) is 20.4 Å². The Morgan fingerprint density at radius 3 is 1.24 bits per heavy atom. The summed E-state index contributed by atoms with van der Waals surface area (Å²) in [5, 5.41) is 0. The van der Waals surface area contributed by atoms with Gasteiger partial charge in [-0.15, -0.1) is 0 Å². The zero-order chi connectivity index (χ0) is 21.4. The third-order valence-corrected chi connectivity index (χ3v) is 5.88. The summed E-state index contributed by atoms with van der Waals surface area (Å²) in [5.74, 6) is 0.736. The van der Waals surface area contributed by atoms with E-state index in [1.165, 1.54) is 122 Å². The highest BCUT2D eigenvalue weighted by Crippen LogP contribution is 2.15. The average molecular weight is 409 g/mol. The van der Waals surface area contributed by atoms with Crippen molar-refractivity contribution < 1.29 is 9.53 Å². The van der Waals surface area contributed by atoms with Gasteiger partial charge in [-0.25, -0.2) is 0 Å². The molecular weight excluding hydrogens is 356 g/mol. The molecule has 0 aliphatic carbocycles. The largest absolute Gasteiger partial charge is 0.435 e. The molecule has 0 saturated heterocycles. The van der Waals surface area contributed by atoms with E-state index in [1.54, 1.807) is 0 Å². The highest BCUT2D eigenvalue weighted by atomic mass is 16.5. The van der Waals surface area contributed by atoms with Crippen molar-refractivity contribution in [3.8, 4) is 0 Å². The van der Waals surface area contributed by atoms with E-state index in [0.717, 1.165) is 18.8 Å². The molecule has 0 N–H and O–H groups in total. The molecule has 0 aliphatic heterocycles. The van der Waals surface area contributed by atoms with Crippen LogP contribution in [0.5, 0.6) is 0 Å². The number of esters is 1. The normalized spacial score (nSPS) is 11.1. The van der Waals surface area contributed by atoms with E-state index in [4.69, 9.17) is 4.74 Å². The molecule has 2 heteroatoms. The van der Waals surface area contributed by atoms with Gasteiger partial charge in [-0.3, -0.25) is 4.79 Å². The monoisotopic (exact) mass is 408 g/mol. The summed E-state index contributed by atoms with van der Waals surface area (Å²) in [5.41, 5.74) is 0. The number of carbonyl (C=O) groups is 1. The summed E-state index contributed by atoms with van der Waals surface area (Å²) >= 11 is 0. The second kappa shape index (κ2) is 23.5. The van der Waals surface area contributed by atoms with Gasteiger partial charge in [0.15, 0.2) is 0 Å². The molecule has 0 radical (unpaired) electrons. The number of hydrogen-bond acceptors (Lipinski definition) is 2. The number of ether oxygens (including phenoxy) is 1. The minimum Gasteiger partial charge on any atom is -0.435 e. The number of hydrogen-bond donors (Lipinski definition) is 0. The Bertz CT molecular complexity index is 348. The molecule has 0 bridgehead atoms. The lowest BCUT2D eigenvalue weighted by molar-refractivity contribution is -0.138. The molecule has 29 heavy (non-hydrogen) atoms. The molecular formula is C27H52O2. The van der Waals surface area contributed by atoms with E-state index in [1.807, 2.05) is 0 Å². The van der Waals surface area contributed by atoms with Crippen molar-refractivity contribution >= 4 is 5.97 Å². The van der Waals surface area contributed by atoms with Crippen LogP contribution in [-0.2, 0) is 9.53 Å². The fraction of sp³-hybridized carbons (Fsp3) is 0.889. The zero-order valence-electron chi connectivity index (χ0n) is 20.0. The topological polar surface area (TPSA) is 26.3 Å². The van der Waals surface area contributed by atoms with Crippen LogP contribution in [0.3, 0.4) is 0 Å². The minimum absolute atomic E-state index is 0.146. The summed E-state index contributed by atoms with van der Waals surface area (Å²) in [4.78, 5) is 11.2. The Balaban J connectivity index is 3.05. The third-order valence-electron chi connectivity index (χ3n) is 5.88. The highest BCUT2D eigenvalue weighted by Gasteiger charge is 2.00. The highest BCUT2D eigenvalue weighted by molar-refractivity contribution is 5.69. The van der Waals surface area contributed by atoms with Gasteiger partial charge in [-0.1, -0.05) is 142 Å². The predicted octanol–water partition coefficient (Wildman–Crippen LogP) is 9.52. The summed E-state index contributed by atoms with van der Waals surface area (Å²) in [6, 6.07) is 0. The number of carbonyl (C=O) groups excluding carboxylic acids is 1. The van der Waals surface area contributed by atoms with E-state index < -0.39 is 0 Å². The average Bonchev–Trinajstić information content (AvgIpc) is 2.69. The van der Waals surface area contributed by atoms with Crippen LogP contribution in [0.25, 0.3) is 0 Å². The maximum Gasteiger partial charge on any atom is 0.310 e. The zero-order valence-corrected chi connectivity index (χ0v) is 20.0. The molecule has 0 aliphatic rings. The van der Waals surface area contributed by atoms with Crippen molar-refractivity contribution in [3.05, 3.63) is 12.8 Å². The number of rotatable bonds is 23. The summed E-state index contributed by atoms with van der Waals surface area (Å²) in [7, 11) is 0. The summed E-state index contributed by atoms with van der Waals surface area (Å²) in [6.45, 7) is 8.06. The first-order valence-electron chi connectivity index (χ1n) is 13.0. The first kappa shape index (κ1) is 28.2. The maximum absolute atomic E-state index is 11.2. The summed E-state index contributed by atoms with van der Waals surface area (Å²) < 4.78 is 4.71. The van der Waals surface area contributed by atoms with Gasteiger partial charge >= 0.3 is 5.97 Å². The van der Waals surface area contributed by atoms with Crippen LogP contribution in [0, 0.1) is 5.92 Å². The molecule has 0 aromatic carbocycles. The molecule has 0 rings (SSSR count). The SMILES string of the molecule is C=COC(=O)CCCCCCCCCCCCCCCCCCCCCC(C)C. The Morgan fingerprint density at radius 1 is 0.621 bits per heavy atom. The van der Waals surface area contributed by atoms with Gasteiger partial charge in [0.05, 0.1) is 6.26 Å². The number of unbranched alkanes of at least 4 members (excludes halogenated alkanes) is 18. The summed E-state index contributed by atoms with van der Waals surface area (Å²) in [6.07, 6.45) is 29.3. The molecule has 0 aromatic rings. The van der Waals surface area contributed by atoms with Crippen LogP contribution >= 0.6 is 0 Å². The van der Waals surface area contributed by atoms with Crippen LogP contribution in [0.4, 0.5) is 0 Å². The molecule has 0 saturated carbocycles. The predicted molar refractivity (Wildman–Crippen MR) is 128 cm³/mol. The van der Waals surface area contributed by atoms with Crippen molar-refractivity contribution in [2.24, 2.45) is 5.92 Å². The molecule has 2 nitrogen and oxygen atoms in total. The van der Waals surface area contributed by atoms with Gasteiger partial charge in [0.2, 0.25) is 0 Å². The smallest absolute Gasteiger partial charge is 0.310 e. The standard InChI is InChI=1S/C27H52O2/c1-4-29-27(28)25-23-21-19-17-15-13-11-9-7-5-6-8-10-12-14-16-18-20-22-24-26(2)3/h4,26H,1,5-25H2,2-3H3.